The van der Waals surface area contributed by atoms with Crippen LogP contribution in [0, 0.1) is 11.8 Å². The molecule has 0 amide bonds. The van der Waals surface area contributed by atoms with E-state index in [1.54, 1.807) is 0 Å². The number of hydrogen-bond donors (Lipinski definition) is 0. The first-order valence-corrected chi connectivity index (χ1v) is 28.9. The van der Waals surface area contributed by atoms with Gasteiger partial charge in [0.05, 0.1) is 22.1 Å². The maximum absolute atomic E-state index is 5.74. The number of aromatic nitrogens is 4. The lowest BCUT2D eigenvalue weighted by Gasteiger charge is -2.17. The Morgan fingerprint density at radius 2 is 0.743 bits per heavy atom. The highest BCUT2D eigenvalue weighted by Crippen LogP contribution is 2.46. The monoisotopic (exact) mass is 998 g/mol. The molecule has 13 rings (SSSR count). The second kappa shape index (κ2) is 19.6. The molecule has 0 aliphatic carbocycles. The Kier molecular flexibility index (Phi) is 12.4. The van der Waals surface area contributed by atoms with Crippen molar-refractivity contribution in [2.24, 2.45) is 11.8 Å². The minimum atomic E-state index is 0.669. The number of fused-ring (bicyclic) bond motifs is 13. The summed E-state index contributed by atoms with van der Waals surface area (Å²) in [5, 5.41) is 9.98. The smallest absolute Gasteiger partial charge is 0.0988 e. The first-order chi connectivity index (χ1) is 36.5. The van der Waals surface area contributed by atoms with Crippen molar-refractivity contribution in [3.05, 3.63) is 170 Å². The number of nitrogens with zero attached hydrogens (tertiary/aromatic N) is 4. The van der Waals surface area contributed by atoms with Gasteiger partial charge in [0.2, 0.25) is 0 Å². The molecule has 0 aliphatic rings. The van der Waals surface area contributed by atoms with Gasteiger partial charge in [-0.25, -0.2) is 9.97 Å². The van der Waals surface area contributed by atoms with Crippen LogP contribution in [0.5, 0.6) is 0 Å². The van der Waals surface area contributed by atoms with Crippen molar-refractivity contribution in [3.8, 4) is 41.8 Å². The van der Waals surface area contributed by atoms with Gasteiger partial charge in [-0.05, 0) is 107 Å². The molecule has 366 valence electrons. The Hall–Kier alpha value is -7.12. The van der Waals surface area contributed by atoms with E-state index in [4.69, 9.17) is 9.97 Å². The molecule has 5 heterocycles. The summed E-state index contributed by atoms with van der Waals surface area (Å²) in [6.07, 6.45) is 10.0. The van der Waals surface area contributed by atoms with Gasteiger partial charge in [0, 0.05) is 98.1 Å². The van der Waals surface area contributed by atoms with Crippen LogP contribution >= 0.6 is 22.7 Å². The van der Waals surface area contributed by atoms with E-state index < -0.39 is 0 Å². The quantitative estimate of drug-likeness (QED) is 0.0714. The number of benzene rings is 8. The lowest BCUT2D eigenvalue weighted by atomic mass is 9.98. The molecule has 0 saturated carbocycles. The minimum Gasteiger partial charge on any atom is -0.340 e. The number of rotatable bonds is 16. The lowest BCUT2D eigenvalue weighted by Crippen LogP contribution is -2.10. The van der Waals surface area contributed by atoms with Gasteiger partial charge >= 0.3 is 0 Å². The first-order valence-electron chi connectivity index (χ1n) is 27.3. The molecule has 0 fully saturated rings. The van der Waals surface area contributed by atoms with Crippen LogP contribution < -0.4 is 0 Å². The van der Waals surface area contributed by atoms with Crippen LogP contribution in [0.15, 0.2) is 170 Å². The molecule has 0 radical (unpaired) electrons. The van der Waals surface area contributed by atoms with Gasteiger partial charge in [-0.2, -0.15) is 0 Å². The molecular weight excluding hydrogens is 937 g/mol. The summed E-state index contributed by atoms with van der Waals surface area (Å²) in [6.45, 7) is 11.4. The fourth-order valence-corrected chi connectivity index (χ4v) is 14.2. The van der Waals surface area contributed by atoms with Crippen LogP contribution in [-0.4, -0.2) is 19.1 Å². The number of hydrogen-bond acceptors (Lipinski definition) is 4. The van der Waals surface area contributed by atoms with Crippen molar-refractivity contribution in [1.82, 2.24) is 19.1 Å². The summed E-state index contributed by atoms with van der Waals surface area (Å²) in [6, 6.07) is 63.5. The number of para-hydroxylation sites is 2. The Labute approximate surface area is 442 Å². The third-order valence-electron chi connectivity index (χ3n) is 16.3. The summed E-state index contributed by atoms with van der Waals surface area (Å²) in [7, 11) is 0. The zero-order valence-electron chi connectivity index (χ0n) is 43.0. The van der Waals surface area contributed by atoms with Crippen LogP contribution in [0.25, 0.3) is 129 Å². The van der Waals surface area contributed by atoms with Gasteiger partial charge in [0.1, 0.15) is 0 Å². The minimum absolute atomic E-state index is 0.669. The van der Waals surface area contributed by atoms with E-state index in [1.165, 1.54) is 136 Å². The predicted octanol–water partition coefficient (Wildman–Crippen LogP) is 20.5. The van der Waals surface area contributed by atoms with Gasteiger partial charge < -0.3 is 9.13 Å². The van der Waals surface area contributed by atoms with Crippen molar-refractivity contribution < 1.29 is 0 Å². The van der Waals surface area contributed by atoms with Crippen LogP contribution in [0.2, 0.25) is 0 Å². The van der Waals surface area contributed by atoms with E-state index in [0.717, 1.165) is 57.1 Å². The van der Waals surface area contributed by atoms with E-state index in [1.807, 2.05) is 22.7 Å². The molecule has 13 aromatic rings. The summed E-state index contributed by atoms with van der Waals surface area (Å²) >= 11 is 3.70. The highest BCUT2D eigenvalue weighted by Gasteiger charge is 2.22. The second-order valence-corrected chi connectivity index (χ2v) is 22.9. The third-order valence-corrected chi connectivity index (χ3v) is 18.6. The fourth-order valence-electron chi connectivity index (χ4n) is 12.2. The summed E-state index contributed by atoms with van der Waals surface area (Å²) in [5.41, 5.74) is 13.8. The van der Waals surface area contributed by atoms with E-state index in [0.29, 0.717) is 11.8 Å². The summed E-state index contributed by atoms with van der Waals surface area (Å²) in [5.74, 6) is 1.34. The molecule has 6 heteroatoms. The molecule has 74 heavy (non-hydrogen) atoms. The molecule has 0 spiro atoms. The predicted molar refractivity (Wildman–Crippen MR) is 322 cm³/mol. The average Bonchev–Trinajstić information content (AvgIpc) is 4.27. The van der Waals surface area contributed by atoms with Gasteiger partial charge in [0.25, 0.3) is 0 Å². The Balaban J connectivity index is 0.932. The van der Waals surface area contributed by atoms with E-state index >= 15 is 0 Å². The Morgan fingerprint density at radius 3 is 1.16 bits per heavy atom. The largest absolute Gasteiger partial charge is 0.340 e. The molecule has 5 aromatic heterocycles. The molecule has 0 aliphatic heterocycles. The normalized spacial score (nSPS) is 13.0. The van der Waals surface area contributed by atoms with Crippen molar-refractivity contribution in [2.45, 2.75) is 92.2 Å². The molecular formula is C68H62N4S2. The van der Waals surface area contributed by atoms with Gasteiger partial charge in [-0.15, -0.1) is 22.7 Å². The van der Waals surface area contributed by atoms with Gasteiger partial charge in [-0.3, -0.25) is 0 Å². The zero-order chi connectivity index (χ0) is 49.9. The van der Waals surface area contributed by atoms with E-state index in [2.05, 4.69) is 207 Å². The highest BCUT2D eigenvalue weighted by molar-refractivity contribution is 7.19. The van der Waals surface area contributed by atoms with Crippen LogP contribution in [0.1, 0.15) is 79.1 Å². The van der Waals surface area contributed by atoms with E-state index in [9.17, 15) is 0 Å². The van der Waals surface area contributed by atoms with Crippen molar-refractivity contribution in [1.29, 1.82) is 0 Å². The summed E-state index contributed by atoms with van der Waals surface area (Å²) in [4.78, 5) is 16.4. The summed E-state index contributed by atoms with van der Waals surface area (Å²) < 4.78 is 5.18. The van der Waals surface area contributed by atoms with Crippen molar-refractivity contribution in [2.75, 3.05) is 0 Å². The zero-order valence-corrected chi connectivity index (χ0v) is 44.6. The molecule has 0 N–H and O–H groups in total. The molecule has 2 unspecified atom stereocenters. The number of unbranched alkanes of at least 4 members (excludes halogenated alkanes) is 2. The SMILES string of the molecule is CCCCC(CC)Cn1c2ccccc2c2cc(-c3ccc(-c4ccc(-c5ccc(-c6ccc7c(c6)c6ccccc6n7CC(CC)CCCC)s5)c5nc6c7ccccc7c7ccccc7c6nc45)s3)ccc21. The standard InChI is InChI=1S/C68H62N4S2/c1-5-9-19-43(7-3)41-71-57-27-17-15-23-49(57)55-39-45(29-33-59(55)71)61-35-37-63(73-61)53-31-32-54(68-67(53)69-65-51-25-13-11-21-47(51)48-22-12-14-26-52(48)66(65)70-68)64-38-36-62(74-64)46-30-34-60-56(40-46)50-24-16-18-28-58(50)72(60)42-44(8-4)20-10-6-2/h11-18,21-40,43-44H,5-10,19-20,41-42H2,1-4H3. The average molecular weight is 999 g/mol. The molecule has 8 aromatic carbocycles. The highest BCUT2D eigenvalue weighted by atomic mass is 32.1. The van der Waals surface area contributed by atoms with Crippen LogP contribution in [-0.2, 0) is 13.1 Å². The van der Waals surface area contributed by atoms with Crippen molar-refractivity contribution >= 4 is 110 Å². The second-order valence-electron chi connectivity index (χ2n) is 20.8. The maximum Gasteiger partial charge on any atom is 0.0988 e. The van der Waals surface area contributed by atoms with E-state index in [-0.39, 0.29) is 0 Å². The molecule has 4 nitrogen and oxygen atoms in total. The van der Waals surface area contributed by atoms with Crippen LogP contribution in [0.4, 0.5) is 0 Å². The maximum atomic E-state index is 5.74. The lowest BCUT2D eigenvalue weighted by molar-refractivity contribution is 0.401. The topological polar surface area (TPSA) is 35.6 Å². The fraction of sp³-hybridized carbons (Fsp3) is 0.235. The third kappa shape index (κ3) is 8.00. The molecule has 0 bridgehead atoms. The molecule has 2 atom stereocenters. The first kappa shape index (κ1) is 46.7. The van der Waals surface area contributed by atoms with Crippen molar-refractivity contribution in [3.63, 3.8) is 0 Å². The van der Waals surface area contributed by atoms with Gasteiger partial charge in [-0.1, -0.05) is 175 Å². The van der Waals surface area contributed by atoms with Gasteiger partial charge in [0.15, 0.2) is 0 Å². The Morgan fingerprint density at radius 1 is 0.365 bits per heavy atom. The Bertz CT molecular complexity index is 3970. The molecule has 0 saturated heterocycles. The number of thiophene rings is 2. The van der Waals surface area contributed by atoms with Crippen LogP contribution in [0.3, 0.4) is 0 Å².